The van der Waals surface area contributed by atoms with Crippen molar-refractivity contribution in [3.05, 3.63) is 23.7 Å². The molecule has 0 saturated heterocycles. The number of rotatable bonds is 9. The second-order valence-electron chi connectivity index (χ2n) is 6.91. The molecule has 0 radical (unpaired) electrons. The smallest absolute Gasteiger partial charge is 0.122 e. The van der Waals surface area contributed by atoms with E-state index in [-0.39, 0.29) is 0 Å². The summed E-state index contributed by atoms with van der Waals surface area (Å²) in [6.45, 7) is 7.82. The van der Waals surface area contributed by atoms with Crippen LogP contribution in [0.25, 0.3) is 0 Å². The molecular formula is C17H28N2O. The van der Waals surface area contributed by atoms with Gasteiger partial charge in [0.1, 0.15) is 5.76 Å². The minimum Gasteiger partial charge on any atom is -0.468 e. The molecule has 1 heterocycles. The van der Waals surface area contributed by atoms with E-state index < -0.39 is 0 Å². The monoisotopic (exact) mass is 276 g/mol. The van der Waals surface area contributed by atoms with E-state index in [9.17, 15) is 0 Å². The molecule has 20 heavy (non-hydrogen) atoms. The Kier molecular flexibility index (Phi) is 4.47. The van der Waals surface area contributed by atoms with Gasteiger partial charge in [-0.1, -0.05) is 13.8 Å². The third-order valence-corrected chi connectivity index (χ3v) is 4.40. The highest BCUT2D eigenvalue weighted by atomic mass is 16.3. The Labute approximate surface area is 122 Å². The Morgan fingerprint density at radius 1 is 1.30 bits per heavy atom. The van der Waals surface area contributed by atoms with Gasteiger partial charge in [0.05, 0.1) is 12.8 Å². The Balaban J connectivity index is 1.55. The predicted molar refractivity (Wildman–Crippen MR) is 81.5 cm³/mol. The molecule has 0 amide bonds. The molecule has 1 aromatic heterocycles. The standard InChI is InChI=1S/C17H28N2O/c1-13(2)7-9-19(16-5-6-16)12-14-8-10-20-17(14)11-18-15-3-4-15/h8,10,13,15-16,18H,3-7,9,11-12H2,1-2H3. The summed E-state index contributed by atoms with van der Waals surface area (Å²) in [5.41, 5.74) is 1.38. The number of furan rings is 1. The van der Waals surface area contributed by atoms with Gasteiger partial charge in [-0.15, -0.1) is 0 Å². The fourth-order valence-corrected chi connectivity index (χ4v) is 2.66. The van der Waals surface area contributed by atoms with Crippen molar-refractivity contribution in [3.63, 3.8) is 0 Å². The number of hydrogen-bond donors (Lipinski definition) is 1. The second kappa shape index (κ2) is 6.31. The molecule has 1 aromatic rings. The van der Waals surface area contributed by atoms with Gasteiger partial charge in [0.15, 0.2) is 0 Å². The first kappa shape index (κ1) is 14.2. The summed E-state index contributed by atoms with van der Waals surface area (Å²) in [6.07, 6.45) is 8.57. The van der Waals surface area contributed by atoms with Crippen LogP contribution in [0.3, 0.4) is 0 Å². The summed E-state index contributed by atoms with van der Waals surface area (Å²) in [7, 11) is 0. The second-order valence-corrected chi connectivity index (χ2v) is 6.91. The molecule has 112 valence electrons. The van der Waals surface area contributed by atoms with Crippen LogP contribution in [0.2, 0.25) is 0 Å². The van der Waals surface area contributed by atoms with Crippen LogP contribution in [-0.4, -0.2) is 23.5 Å². The highest BCUT2D eigenvalue weighted by molar-refractivity contribution is 5.17. The topological polar surface area (TPSA) is 28.4 Å². The van der Waals surface area contributed by atoms with Crippen LogP contribution in [0, 0.1) is 5.92 Å². The minimum atomic E-state index is 0.744. The maximum Gasteiger partial charge on any atom is 0.122 e. The van der Waals surface area contributed by atoms with E-state index in [2.05, 4.69) is 30.1 Å². The van der Waals surface area contributed by atoms with E-state index in [4.69, 9.17) is 4.42 Å². The fourth-order valence-electron chi connectivity index (χ4n) is 2.66. The summed E-state index contributed by atoms with van der Waals surface area (Å²) >= 11 is 0. The van der Waals surface area contributed by atoms with E-state index in [1.807, 2.05) is 6.26 Å². The maximum absolute atomic E-state index is 5.68. The van der Waals surface area contributed by atoms with E-state index in [1.54, 1.807) is 0 Å². The van der Waals surface area contributed by atoms with E-state index in [0.29, 0.717) is 0 Å². The average Bonchev–Trinajstić information content (AvgIpc) is 3.32. The first-order chi connectivity index (χ1) is 9.72. The van der Waals surface area contributed by atoms with Crippen LogP contribution in [0.1, 0.15) is 57.3 Å². The van der Waals surface area contributed by atoms with Gasteiger partial charge in [-0.05, 0) is 50.6 Å². The van der Waals surface area contributed by atoms with Gasteiger partial charge in [0, 0.05) is 24.2 Å². The third-order valence-electron chi connectivity index (χ3n) is 4.40. The van der Waals surface area contributed by atoms with E-state index >= 15 is 0 Å². The van der Waals surface area contributed by atoms with Crippen molar-refractivity contribution in [2.45, 2.75) is 71.1 Å². The molecular weight excluding hydrogens is 248 g/mol. The van der Waals surface area contributed by atoms with Gasteiger partial charge in [0.25, 0.3) is 0 Å². The Hall–Kier alpha value is -0.800. The molecule has 3 nitrogen and oxygen atoms in total. The number of nitrogens with zero attached hydrogens (tertiary/aromatic N) is 1. The third kappa shape index (κ3) is 4.10. The summed E-state index contributed by atoms with van der Waals surface area (Å²) in [5, 5.41) is 3.56. The van der Waals surface area contributed by atoms with Crippen LogP contribution in [0.5, 0.6) is 0 Å². The normalized spacial score (nSPS) is 19.2. The van der Waals surface area contributed by atoms with Crippen molar-refractivity contribution in [1.82, 2.24) is 10.2 Å². The molecule has 0 aliphatic heterocycles. The molecule has 3 heteroatoms. The molecule has 2 saturated carbocycles. The molecule has 2 aliphatic carbocycles. The summed E-state index contributed by atoms with van der Waals surface area (Å²) in [4.78, 5) is 2.66. The average molecular weight is 276 g/mol. The molecule has 0 bridgehead atoms. The summed E-state index contributed by atoms with van der Waals surface area (Å²) in [5.74, 6) is 1.93. The zero-order valence-electron chi connectivity index (χ0n) is 12.9. The van der Waals surface area contributed by atoms with Gasteiger partial charge in [-0.25, -0.2) is 0 Å². The van der Waals surface area contributed by atoms with Gasteiger partial charge >= 0.3 is 0 Å². The largest absolute Gasteiger partial charge is 0.468 e. The SMILES string of the molecule is CC(C)CCN(Cc1ccoc1CNC1CC1)C1CC1. The molecule has 2 fully saturated rings. The van der Waals surface area contributed by atoms with Gasteiger partial charge in [0.2, 0.25) is 0 Å². The highest BCUT2D eigenvalue weighted by Crippen LogP contribution is 2.30. The molecule has 0 spiro atoms. The zero-order chi connectivity index (χ0) is 13.9. The quantitative estimate of drug-likeness (QED) is 0.748. The molecule has 0 atom stereocenters. The lowest BCUT2D eigenvalue weighted by Gasteiger charge is -2.23. The Morgan fingerprint density at radius 2 is 2.10 bits per heavy atom. The van der Waals surface area contributed by atoms with Crippen molar-refractivity contribution >= 4 is 0 Å². The lowest BCUT2D eigenvalue weighted by atomic mass is 10.1. The fraction of sp³-hybridized carbons (Fsp3) is 0.765. The van der Waals surface area contributed by atoms with Crippen molar-refractivity contribution in [2.75, 3.05) is 6.54 Å². The number of hydrogen-bond acceptors (Lipinski definition) is 3. The van der Waals surface area contributed by atoms with Crippen LogP contribution < -0.4 is 5.32 Å². The first-order valence-corrected chi connectivity index (χ1v) is 8.25. The Bertz CT molecular complexity index is 418. The van der Waals surface area contributed by atoms with Gasteiger partial charge in [-0.2, -0.15) is 0 Å². The maximum atomic E-state index is 5.68. The van der Waals surface area contributed by atoms with Crippen molar-refractivity contribution in [3.8, 4) is 0 Å². The molecule has 3 rings (SSSR count). The van der Waals surface area contributed by atoms with Crippen molar-refractivity contribution in [1.29, 1.82) is 0 Å². The molecule has 2 aliphatic rings. The van der Waals surface area contributed by atoms with Crippen LogP contribution in [0.15, 0.2) is 16.7 Å². The summed E-state index contributed by atoms with van der Waals surface area (Å²) < 4.78 is 5.68. The van der Waals surface area contributed by atoms with E-state index in [1.165, 1.54) is 44.2 Å². The van der Waals surface area contributed by atoms with Crippen LogP contribution in [-0.2, 0) is 13.1 Å². The molecule has 0 aromatic carbocycles. The van der Waals surface area contributed by atoms with Crippen molar-refractivity contribution < 1.29 is 4.42 Å². The summed E-state index contributed by atoms with van der Waals surface area (Å²) in [6, 6.07) is 3.73. The molecule has 1 N–H and O–H groups in total. The van der Waals surface area contributed by atoms with E-state index in [0.717, 1.165) is 36.9 Å². The number of nitrogens with one attached hydrogen (secondary N) is 1. The van der Waals surface area contributed by atoms with Gasteiger partial charge in [-0.3, -0.25) is 4.90 Å². The predicted octanol–water partition coefficient (Wildman–Crippen LogP) is 3.54. The highest BCUT2D eigenvalue weighted by Gasteiger charge is 2.29. The van der Waals surface area contributed by atoms with Crippen LogP contribution in [0.4, 0.5) is 0 Å². The minimum absolute atomic E-state index is 0.744. The van der Waals surface area contributed by atoms with Crippen LogP contribution >= 0.6 is 0 Å². The zero-order valence-corrected chi connectivity index (χ0v) is 12.9. The Morgan fingerprint density at radius 3 is 2.75 bits per heavy atom. The lowest BCUT2D eigenvalue weighted by Crippen LogP contribution is -2.28. The van der Waals surface area contributed by atoms with Crippen molar-refractivity contribution in [2.24, 2.45) is 5.92 Å². The molecule has 0 unspecified atom stereocenters. The van der Waals surface area contributed by atoms with Gasteiger partial charge < -0.3 is 9.73 Å². The first-order valence-electron chi connectivity index (χ1n) is 8.25. The lowest BCUT2D eigenvalue weighted by molar-refractivity contribution is 0.237.